The van der Waals surface area contributed by atoms with Crippen molar-refractivity contribution in [2.24, 2.45) is 0 Å². The van der Waals surface area contributed by atoms with Crippen LogP contribution in [0.3, 0.4) is 0 Å². The molecule has 0 N–H and O–H groups in total. The number of aryl methyl sites for hydroxylation is 1. The van der Waals surface area contributed by atoms with Crippen molar-refractivity contribution in [3.05, 3.63) is 24.2 Å². The van der Waals surface area contributed by atoms with Gasteiger partial charge in [-0.15, -0.1) is 5.10 Å². The second-order valence-electron chi connectivity index (χ2n) is 2.17. The van der Waals surface area contributed by atoms with Crippen molar-refractivity contribution in [1.82, 2.24) is 20.2 Å². The fourth-order valence-corrected chi connectivity index (χ4v) is 0.824. The quantitative estimate of drug-likeness (QED) is 0.596. The van der Waals surface area contributed by atoms with Gasteiger partial charge in [-0.3, -0.25) is 0 Å². The highest BCUT2D eigenvalue weighted by molar-refractivity contribution is 5.26. The fraction of sp³-hybridized carbons (Fsp3) is 0.167. The molecule has 0 bridgehead atoms. The van der Waals surface area contributed by atoms with Gasteiger partial charge in [0.2, 0.25) is 5.82 Å². The van der Waals surface area contributed by atoms with Crippen molar-refractivity contribution in [3.63, 3.8) is 0 Å². The van der Waals surface area contributed by atoms with Gasteiger partial charge in [0.15, 0.2) is 0 Å². The lowest BCUT2D eigenvalue weighted by molar-refractivity contribution is 0.414. The molecule has 0 fully saturated rings. The maximum absolute atomic E-state index is 4.73. The maximum atomic E-state index is 4.73. The monoisotopic (exact) mass is 150 g/mol. The fourth-order valence-electron chi connectivity index (χ4n) is 0.824. The first-order valence-corrected chi connectivity index (χ1v) is 3.15. The lowest BCUT2D eigenvalue weighted by Gasteiger charge is -1.91. The Morgan fingerprint density at radius 3 is 3.00 bits per heavy atom. The molecule has 5 heteroatoms. The Bertz CT molecular complexity index is 337. The number of rotatable bonds is 1. The van der Waals surface area contributed by atoms with E-state index in [9.17, 15) is 0 Å². The van der Waals surface area contributed by atoms with Crippen LogP contribution in [0.5, 0.6) is 0 Å². The molecule has 0 aliphatic rings. The maximum Gasteiger partial charge on any atom is 0.200 e. The second-order valence-corrected chi connectivity index (χ2v) is 2.17. The number of nitrogens with zero attached hydrogens (tertiary/aromatic N) is 4. The van der Waals surface area contributed by atoms with Crippen molar-refractivity contribution < 1.29 is 4.52 Å². The molecule has 0 unspecified atom stereocenters. The predicted octanol–water partition coefficient (Wildman–Crippen LogP) is 0.564. The summed E-state index contributed by atoms with van der Waals surface area (Å²) in [4.78, 5) is 0. The van der Waals surface area contributed by atoms with Gasteiger partial charge < -0.3 is 4.52 Å². The van der Waals surface area contributed by atoms with E-state index in [2.05, 4.69) is 15.5 Å². The van der Waals surface area contributed by atoms with Crippen LogP contribution in [0.1, 0.15) is 5.56 Å². The topological polar surface area (TPSA) is 56.7 Å². The molecule has 0 radical (unpaired) electrons. The Balaban J connectivity index is 2.53. The van der Waals surface area contributed by atoms with Gasteiger partial charge in [0, 0.05) is 5.56 Å². The highest BCUT2D eigenvalue weighted by atomic mass is 16.5. The van der Waals surface area contributed by atoms with E-state index in [1.54, 1.807) is 23.3 Å². The van der Waals surface area contributed by atoms with E-state index in [4.69, 9.17) is 4.52 Å². The largest absolute Gasteiger partial charge is 0.362 e. The minimum absolute atomic E-state index is 0.683. The second kappa shape index (κ2) is 2.19. The van der Waals surface area contributed by atoms with E-state index in [1.807, 2.05) is 6.92 Å². The first-order valence-electron chi connectivity index (χ1n) is 3.15. The Kier molecular flexibility index (Phi) is 1.21. The van der Waals surface area contributed by atoms with E-state index in [1.165, 1.54) is 0 Å². The van der Waals surface area contributed by atoms with Crippen molar-refractivity contribution in [3.8, 4) is 5.82 Å². The Labute approximate surface area is 62.6 Å². The van der Waals surface area contributed by atoms with Gasteiger partial charge in [0.05, 0.1) is 12.4 Å². The summed E-state index contributed by atoms with van der Waals surface area (Å²) < 4.78 is 6.28. The molecule has 0 saturated heterocycles. The number of hydrogen-bond donors (Lipinski definition) is 0. The molecule has 56 valence electrons. The molecule has 0 aromatic carbocycles. The third-order valence-corrected chi connectivity index (χ3v) is 1.36. The minimum Gasteiger partial charge on any atom is -0.362 e. The Morgan fingerprint density at radius 2 is 2.45 bits per heavy atom. The molecule has 5 nitrogen and oxygen atoms in total. The average molecular weight is 150 g/mol. The van der Waals surface area contributed by atoms with Crippen LogP contribution in [0.2, 0.25) is 0 Å². The van der Waals surface area contributed by atoms with Crippen LogP contribution in [0, 0.1) is 6.92 Å². The van der Waals surface area contributed by atoms with E-state index in [0.717, 1.165) is 5.56 Å². The third-order valence-electron chi connectivity index (χ3n) is 1.36. The Hall–Kier alpha value is -1.65. The van der Waals surface area contributed by atoms with Crippen LogP contribution >= 0.6 is 0 Å². The van der Waals surface area contributed by atoms with Gasteiger partial charge in [-0.2, -0.15) is 4.68 Å². The predicted molar refractivity (Wildman–Crippen MR) is 36.2 cm³/mol. The molecule has 0 aliphatic carbocycles. The Morgan fingerprint density at radius 1 is 1.55 bits per heavy atom. The molecule has 0 aliphatic heterocycles. The molecule has 0 saturated carbocycles. The van der Waals surface area contributed by atoms with Gasteiger partial charge in [0.1, 0.15) is 6.26 Å². The smallest absolute Gasteiger partial charge is 0.200 e. The normalized spacial score (nSPS) is 10.3. The lowest BCUT2D eigenvalue weighted by Crippen LogP contribution is -1.96. The molecule has 11 heavy (non-hydrogen) atoms. The van der Waals surface area contributed by atoms with E-state index in [-0.39, 0.29) is 0 Å². The molecule has 0 spiro atoms. The first-order chi connectivity index (χ1) is 5.38. The van der Waals surface area contributed by atoms with Crippen molar-refractivity contribution in [2.75, 3.05) is 0 Å². The zero-order valence-corrected chi connectivity index (χ0v) is 5.93. The van der Waals surface area contributed by atoms with Crippen LogP contribution in [0.4, 0.5) is 0 Å². The SMILES string of the molecule is Cc1conc1-n1ccnn1. The summed E-state index contributed by atoms with van der Waals surface area (Å²) in [5.41, 5.74) is 0.940. The van der Waals surface area contributed by atoms with Gasteiger partial charge in [-0.25, -0.2) is 0 Å². The van der Waals surface area contributed by atoms with E-state index in [0.29, 0.717) is 5.82 Å². The van der Waals surface area contributed by atoms with Crippen LogP contribution in [-0.4, -0.2) is 20.2 Å². The van der Waals surface area contributed by atoms with Crippen molar-refractivity contribution >= 4 is 0 Å². The molecule has 0 amide bonds. The van der Waals surface area contributed by atoms with Crippen LogP contribution < -0.4 is 0 Å². The molecule has 2 rings (SSSR count). The average Bonchev–Trinajstić information content (AvgIpc) is 2.55. The van der Waals surface area contributed by atoms with Crippen molar-refractivity contribution in [2.45, 2.75) is 6.92 Å². The molecule has 2 aromatic heterocycles. The van der Waals surface area contributed by atoms with Gasteiger partial charge in [-0.1, -0.05) is 10.4 Å². The third kappa shape index (κ3) is 0.899. The summed E-state index contributed by atoms with van der Waals surface area (Å²) in [6.07, 6.45) is 4.87. The molecular formula is C6H6N4O. The summed E-state index contributed by atoms with van der Waals surface area (Å²) in [6.45, 7) is 1.90. The highest BCUT2D eigenvalue weighted by Gasteiger charge is 2.04. The summed E-state index contributed by atoms with van der Waals surface area (Å²) in [6, 6.07) is 0. The van der Waals surface area contributed by atoms with Crippen LogP contribution in [0.25, 0.3) is 5.82 Å². The van der Waals surface area contributed by atoms with Crippen molar-refractivity contribution in [1.29, 1.82) is 0 Å². The zero-order chi connectivity index (χ0) is 7.68. The lowest BCUT2D eigenvalue weighted by atomic mass is 10.4. The summed E-state index contributed by atoms with van der Waals surface area (Å²) in [7, 11) is 0. The summed E-state index contributed by atoms with van der Waals surface area (Å²) in [5.74, 6) is 0.683. The minimum atomic E-state index is 0.683. The summed E-state index contributed by atoms with van der Waals surface area (Å²) in [5, 5.41) is 11.2. The van der Waals surface area contributed by atoms with Gasteiger partial charge in [0.25, 0.3) is 0 Å². The number of hydrogen-bond acceptors (Lipinski definition) is 4. The van der Waals surface area contributed by atoms with Gasteiger partial charge >= 0.3 is 0 Å². The van der Waals surface area contributed by atoms with E-state index < -0.39 is 0 Å². The zero-order valence-electron chi connectivity index (χ0n) is 5.93. The molecule has 2 heterocycles. The van der Waals surface area contributed by atoms with E-state index >= 15 is 0 Å². The number of aromatic nitrogens is 4. The van der Waals surface area contributed by atoms with Gasteiger partial charge in [-0.05, 0) is 6.92 Å². The standard InChI is InChI=1S/C6H6N4O/c1-5-4-11-8-6(5)10-3-2-7-9-10/h2-4H,1H3. The van der Waals surface area contributed by atoms with Crippen LogP contribution in [0.15, 0.2) is 23.2 Å². The van der Waals surface area contributed by atoms with Crippen LogP contribution in [-0.2, 0) is 0 Å². The molecular weight excluding hydrogens is 144 g/mol. The summed E-state index contributed by atoms with van der Waals surface area (Å²) >= 11 is 0. The highest BCUT2D eigenvalue weighted by Crippen LogP contribution is 2.07. The first kappa shape index (κ1) is 6.09. The molecule has 2 aromatic rings. The molecule has 0 atom stereocenters.